The van der Waals surface area contributed by atoms with Crippen molar-refractivity contribution in [3.63, 3.8) is 0 Å². The fourth-order valence-corrected chi connectivity index (χ4v) is 2.82. The molecule has 1 heterocycles. The lowest BCUT2D eigenvalue weighted by Crippen LogP contribution is -2.43. The SMILES string of the molecule is CCO/C(Nc1ccccc1)=C1/C(=O)C(C)(C)Oc2ccc(C#N)cc21. The molecule has 5 heteroatoms. The van der Waals surface area contributed by atoms with Crippen LogP contribution in [-0.4, -0.2) is 18.0 Å². The number of ketones is 1. The van der Waals surface area contributed by atoms with Gasteiger partial charge in [-0.25, -0.2) is 0 Å². The monoisotopic (exact) mass is 348 g/mol. The lowest BCUT2D eigenvalue weighted by Gasteiger charge is -2.33. The van der Waals surface area contributed by atoms with Gasteiger partial charge in [-0.1, -0.05) is 18.2 Å². The van der Waals surface area contributed by atoms with Gasteiger partial charge in [0.15, 0.2) is 5.60 Å². The highest BCUT2D eigenvalue weighted by molar-refractivity contribution is 6.27. The Morgan fingerprint density at radius 1 is 1.23 bits per heavy atom. The molecule has 0 atom stereocenters. The number of para-hydroxylation sites is 1. The number of fused-ring (bicyclic) bond motifs is 1. The molecule has 0 bridgehead atoms. The van der Waals surface area contributed by atoms with Crippen molar-refractivity contribution in [3.8, 4) is 11.8 Å². The summed E-state index contributed by atoms with van der Waals surface area (Å²) < 4.78 is 11.7. The summed E-state index contributed by atoms with van der Waals surface area (Å²) >= 11 is 0. The average Bonchev–Trinajstić information content (AvgIpc) is 2.63. The number of benzene rings is 2. The molecule has 0 amide bonds. The Kier molecular flexibility index (Phi) is 4.68. The summed E-state index contributed by atoms with van der Waals surface area (Å²) in [6.45, 7) is 5.69. The van der Waals surface area contributed by atoms with Gasteiger partial charge in [0.2, 0.25) is 11.7 Å². The van der Waals surface area contributed by atoms with E-state index in [4.69, 9.17) is 9.47 Å². The molecular formula is C21H20N2O3. The van der Waals surface area contributed by atoms with Crippen molar-refractivity contribution in [2.24, 2.45) is 0 Å². The Morgan fingerprint density at radius 2 is 1.96 bits per heavy atom. The van der Waals surface area contributed by atoms with Crippen LogP contribution < -0.4 is 10.1 Å². The Hall–Kier alpha value is -3.26. The third-order valence-corrected chi connectivity index (χ3v) is 4.06. The molecule has 0 fully saturated rings. The van der Waals surface area contributed by atoms with E-state index >= 15 is 0 Å². The first-order valence-electron chi connectivity index (χ1n) is 8.43. The van der Waals surface area contributed by atoms with Gasteiger partial charge in [0.05, 0.1) is 23.8 Å². The number of anilines is 1. The number of hydrogen-bond acceptors (Lipinski definition) is 5. The highest BCUT2D eigenvalue weighted by Gasteiger charge is 2.41. The van der Waals surface area contributed by atoms with Crippen molar-refractivity contribution >= 4 is 17.0 Å². The normalized spacial score (nSPS) is 16.8. The van der Waals surface area contributed by atoms with Crippen LogP contribution in [0.2, 0.25) is 0 Å². The predicted octanol–water partition coefficient (Wildman–Crippen LogP) is 4.12. The van der Waals surface area contributed by atoms with Crippen molar-refractivity contribution in [3.05, 3.63) is 65.5 Å². The molecule has 2 aromatic carbocycles. The van der Waals surface area contributed by atoms with Gasteiger partial charge in [-0.2, -0.15) is 5.26 Å². The van der Waals surface area contributed by atoms with Crippen molar-refractivity contribution < 1.29 is 14.3 Å². The van der Waals surface area contributed by atoms with Crippen LogP contribution in [0.3, 0.4) is 0 Å². The van der Waals surface area contributed by atoms with Gasteiger partial charge < -0.3 is 14.8 Å². The molecule has 1 N–H and O–H groups in total. The van der Waals surface area contributed by atoms with E-state index in [1.165, 1.54) is 0 Å². The average molecular weight is 348 g/mol. The number of nitrogens with one attached hydrogen (secondary N) is 1. The zero-order valence-corrected chi connectivity index (χ0v) is 15.0. The molecule has 0 aliphatic carbocycles. The zero-order chi connectivity index (χ0) is 18.7. The zero-order valence-electron chi connectivity index (χ0n) is 15.0. The van der Waals surface area contributed by atoms with Crippen LogP contribution in [-0.2, 0) is 9.53 Å². The first-order chi connectivity index (χ1) is 12.5. The van der Waals surface area contributed by atoms with Crippen molar-refractivity contribution in [2.75, 3.05) is 11.9 Å². The van der Waals surface area contributed by atoms with Gasteiger partial charge in [-0.3, -0.25) is 4.79 Å². The Balaban J connectivity index is 2.21. The molecule has 3 rings (SSSR count). The Bertz CT molecular complexity index is 909. The number of ether oxygens (including phenoxy) is 2. The van der Waals surface area contributed by atoms with Crippen LogP contribution in [0.1, 0.15) is 31.9 Å². The molecule has 1 aliphatic heterocycles. The highest BCUT2D eigenvalue weighted by Crippen LogP contribution is 2.40. The van der Waals surface area contributed by atoms with Crippen LogP contribution in [0.25, 0.3) is 5.57 Å². The second-order valence-corrected chi connectivity index (χ2v) is 6.39. The number of carbonyl (C=O) groups excluding carboxylic acids is 1. The molecule has 2 aromatic rings. The van der Waals surface area contributed by atoms with E-state index in [1.54, 1.807) is 32.0 Å². The smallest absolute Gasteiger partial charge is 0.211 e. The molecule has 1 aliphatic rings. The van der Waals surface area contributed by atoms with E-state index in [0.717, 1.165) is 5.69 Å². The summed E-state index contributed by atoms with van der Waals surface area (Å²) in [5.74, 6) is 0.707. The second kappa shape index (κ2) is 6.93. The summed E-state index contributed by atoms with van der Waals surface area (Å²) in [4.78, 5) is 13.1. The molecule has 0 saturated carbocycles. The summed E-state index contributed by atoms with van der Waals surface area (Å²) in [7, 11) is 0. The maximum atomic E-state index is 13.1. The van der Waals surface area contributed by atoms with E-state index < -0.39 is 5.60 Å². The molecule has 0 saturated heterocycles. The number of nitriles is 1. The van der Waals surface area contributed by atoms with Gasteiger partial charge in [-0.05, 0) is 51.1 Å². The molecule has 0 radical (unpaired) electrons. The van der Waals surface area contributed by atoms with E-state index in [9.17, 15) is 10.1 Å². The van der Waals surface area contributed by atoms with Crippen LogP contribution in [0.15, 0.2) is 54.4 Å². The van der Waals surface area contributed by atoms with E-state index in [-0.39, 0.29) is 5.78 Å². The standard InChI is InChI=1S/C21H20N2O3/c1-4-25-20(23-15-8-6-5-7-9-15)18-16-12-14(13-22)10-11-17(16)26-21(2,3)19(18)24/h5-12,23H,4H2,1-3H3/b20-18+. The van der Waals surface area contributed by atoms with E-state index in [0.29, 0.717) is 34.9 Å². The number of rotatable bonds is 4. The first kappa shape index (κ1) is 17.6. The van der Waals surface area contributed by atoms with Gasteiger partial charge in [0.1, 0.15) is 5.75 Å². The maximum absolute atomic E-state index is 13.1. The molecule has 26 heavy (non-hydrogen) atoms. The Morgan fingerprint density at radius 3 is 2.62 bits per heavy atom. The van der Waals surface area contributed by atoms with Crippen molar-refractivity contribution in [1.29, 1.82) is 5.26 Å². The fraction of sp³-hybridized carbons (Fsp3) is 0.238. The summed E-state index contributed by atoms with van der Waals surface area (Å²) in [5.41, 5.74) is 1.17. The Labute approximate surface area is 152 Å². The molecular weight excluding hydrogens is 328 g/mol. The van der Waals surface area contributed by atoms with Gasteiger partial charge >= 0.3 is 0 Å². The first-order valence-corrected chi connectivity index (χ1v) is 8.43. The molecule has 132 valence electrons. The van der Waals surface area contributed by atoms with Crippen LogP contribution >= 0.6 is 0 Å². The molecule has 0 spiro atoms. The highest BCUT2D eigenvalue weighted by atomic mass is 16.5. The third-order valence-electron chi connectivity index (χ3n) is 4.06. The number of carbonyl (C=O) groups is 1. The topological polar surface area (TPSA) is 71.3 Å². The minimum atomic E-state index is -1.03. The van der Waals surface area contributed by atoms with Gasteiger partial charge in [-0.15, -0.1) is 0 Å². The molecule has 5 nitrogen and oxygen atoms in total. The largest absolute Gasteiger partial charge is 0.479 e. The summed E-state index contributed by atoms with van der Waals surface area (Å²) in [6, 6.07) is 16.6. The van der Waals surface area contributed by atoms with Crippen LogP contribution in [0.5, 0.6) is 5.75 Å². The van der Waals surface area contributed by atoms with Gasteiger partial charge in [0.25, 0.3) is 0 Å². The summed E-state index contributed by atoms with van der Waals surface area (Å²) in [5, 5.41) is 12.4. The predicted molar refractivity (Wildman–Crippen MR) is 99.5 cm³/mol. The van der Waals surface area contributed by atoms with E-state index in [2.05, 4.69) is 11.4 Å². The van der Waals surface area contributed by atoms with E-state index in [1.807, 2.05) is 37.3 Å². The quantitative estimate of drug-likeness (QED) is 0.665. The minimum Gasteiger partial charge on any atom is -0.479 e. The van der Waals surface area contributed by atoms with Crippen molar-refractivity contribution in [1.82, 2.24) is 0 Å². The van der Waals surface area contributed by atoms with Gasteiger partial charge in [0, 0.05) is 11.3 Å². The molecule has 0 aromatic heterocycles. The fourth-order valence-electron chi connectivity index (χ4n) is 2.82. The minimum absolute atomic E-state index is 0.202. The van der Waals surface area contributed by atoms with Crippen LogP contribution in [0.4, 0.5) is 5.69 Å². The second-order valence-electron chi connectivity index (χ2n) is 6.39. The van der Waals surface area contributed by atoms with Crippen molar-refractivity contribution in [2.45, 2.75) is 26.4 Å². The summed E-state index contributed by atoms with van der Waals surface area (Å²) in [6.07, 6.45) is 0. The lowest BCUT2D eigenvalue weighted by molar-refractivity contribution is -0.126. The molecule has 0 unspecified atom stereocenters. The number of nitrogens with zero attached hydrogens (tertiary/aromatic N) is 1. The van der Waals surface area contributed by atoms with Crippen LogP contribution in [0, 0.1) is 11.3 Å². The number of hydrogen-bond donors (Lipinski definition) is 1. The maximum Gasteiger partial charge on any atom is 0.211 e. The lowest BCUT2D eigenvalue weighted by atomic mass is 9.87. The number of Topliss-reactive ketones (excluding diaryl/α,β-unsaturated/α-hetero) is 1. The third kappa shape index (κ3) is 3.27.